The Balaban J connectivity index is 1.88. The minimum absolute atomic E-state index is 0.00377. The zero-order valence-corrected chi connectivity index (χ0v) is 20.5. The molecule has 0 spiro atoms. The lowest BCUT2D eigenvalue weighted by Gasteiger charge is -2.22. The summed E-state index contributed by atoms with van der Waals surface area (Å²) in [5.74, 6) is -1.53. The molecule has 0 amide bonds. The monoisotopic (exact) mass is 522 g/mol. The molecular formula is C24H20ClF4N4OP. The summed E-state index contributed by atoms with van der Waals surface area (Å²) in [5.41, 5.74) is 0.603. The van der Waals surface area contributed by atoms with Crippen molar-refractivity contribution in [2.75, 3.05) is 18.6 Å². The van der Waals surface area contributed by atoms with Crippen LogP contribution in [-0.2, 0) is 4.57 Å². The summed E-state index contributed by atoms with van der Waals surface area (Å²) in [7, 11) is -2.62. The number of nitrogens with one attached hydrogen (secondary N) is 1. The number of hydrogen-bond acceptors (Lipinski definition) is 5. The van der Waals surface area contributed by atoms with Gasteiger partial charge in [-0.3, -0.25) is 4.98 Å². The highest BCUT2D eigenvalue weighted by molar-refractivity contribution is 7.69. The minimum Gasteiger partial charge on any atom is -0.370 e. The molecule has 0 aliphatic rings. The summed E-state index contributed by atoms with van der Waals surface area (Å²) in [5, 5.41) is 2.61. The highest BCUT2D eigenvalue weighted by Gasteiger charge is 2.28. The van der Waals surface area contributed by atoms with Crippen molar-refractivity contribution in [1.82, 2.24) is 15.0 Å². The normalized spacial score (nSPS) is 12.8. The van der Waals surface area contributed by atoms with Gasteiger partial charge in [-0.2, -0.15) is 0 Å². The number of fused-ring (bicyclic) bond motifs is 1. The second-order valence-corrected chi connectivity index (χ2v) is 11.8. The summed E-state index contributed by atoms with van der Waals surface area (Å²) in [6.45, 7) is 4.66. The predicted octanol–water partition coefficient (Wildman–Crippen LogP) is 6.60. The maximum absolute atomic E-state index is 15.0. The van der Waals surface area contributed by atoms with Gasteiger partial charge in [0.2, 0.25) is 0 Å². The van der Waals surface area contributed by atoms with Gasteiger partial charge in [-0.1, -0.05) is 29.8 Å². The van der Waals surface area contributed by atoms with E-state index in [1.807, 2.05) is 0 Å². The molecule has 1 atom stereocenters. The van der Waals surface area contributed by atoms with Crippen molar-refractivity contribution in [2.45, 2.75) is 19.4 Å². The van der Waals surface area contributed by atoms with E-state index in [0.717, 1.165) is 12.1 Å². The Morgan fingerprint density at radius 1 is 1.03 bits per heavy atom. The van der Waals surface area contributed by atoms with Crippen LogP contribution >= 0.6 is 18.7 Å². The van der Waals surface area contributed by atoms with Gasteiger partial charge in [0.05, 0.1) is 27.4 Å². The van der Waals surface area contributed by atoms with Crippen LogP contribution in [0.15, 0.2) is 48.7 Å². The highest BCUT2D eigenvalue weighted by Crippen LogP contribution is 2.38. The molecule has 0 bridgehead atoms. The Kier molecular flexibility index (Phi) is 6.84. The summed E-state index contributed by atoms with van der Waals surface area (Å²) < 4.78 is 69.6. The lowest BCUT2D eigenvalue weighted by Crippen LogP contribution is -2.21. The summed E-state index contributed by atoms with van der Waals surface area (Å²) in [6, 6.07) is 7.58. The number of benzene rings is 1. The van der Waals surface area contributed by atoms with E-state index in [1.54, 1.807) is 13.3 Å². The van der Waals surface area contributed by atoms with E-state index >= 15 is 4.39 Å². The Hall–Kier alpha value is -3.03. The maximum atomic E-state index is 15.0. The first-order valence-corrected chi connectivity index (χ1v) is 13.4. The molecule has 0 radical (unpaired) electrons. The first-order chi connectivity index (χ1) is 16.5. The molecule has 0 aliphatic heterocycles. The van der Waals surface area contributed by atoms with Gasteiger partial charge < -0.3 is 9.88 Å². The minimum atomic E-state index is -3.00. The van der Waals surface area contributed by atoms with Gasteiger partial charge in [-0.15, -0.1) is 0 Å². The van der Waals surface area contributed by atoms with E-state index in [9.17, 15) is 17.7 Å². The summed E-state index contributed by atoms with van der Waals surface area (Å²) >= 11 is 6.42. The molecule has 4 rings (SSSR count). The van der Waals surface area contributed by atoms with Crippen LogP contribution in [0.4, 0.5) is 23.2 Å². The second kappa shape index (κ2) is 9.55. The fourth-order valence-corrected chi connectivity index (χ4v) is 4.56. The van der Waals surface area contributed by atoms with Gasteiger partial charge >= 0.3 is 0 Å². The van der Waals surface area contributed by atoms with Crippen molar-refractivity contribution in [1.29, 1.82) is 0 Å². The van der Waals surface area contributed by atoms with Gasteiger partial charge in [0.1, 0.15) is 30.2 Å². The van der Waals surface area contributed by atoms with E-state index in [1.165, 1.54) is 43.5 Å². The molecule has 1 N–H and O–H groups in total. The van der Waals surface area contributed by atoms with E-state index in [-0.39, 0.29) is 44.3 Å². The Bertz CT molecular complexity index is 1460. The maximum Gasteiger partial charge on any atom is 0.262 e. The first-order valence-electron chi connectivity index (χ1n) is 10.4. The standard InChI is InChI=1S/C24H20ClF4N4OP/c1-12-19(25)23(33-21(24(28)29)14-6-4-5-7-15(14)26)22-17(31-12)10-16(27)20(32-22)13-8-9-18(30-11-13)35(2,3)34/h4-11,21,24H,1-3H3,(H,31,33). The topological polar surface area (TPSA) is 67.8 Å². The molecule has 35 heavy (non-hydrogen) atoms. The van der Waals surface area contributed by atoms with Gasteiger partial charge in [0, 0.05) is 23.4 Å². The lowest BCUT2D eigenvalue weighted by molar-refractivity contribution is 0.123. The van der Waals surface area contributed by atoms with Crippen molar-refractivity contribution in [3.05, 3.63) is 76.6 Å². The van der Waals surface area contributed by atoms with Crippen LogP contribution in [0.3, 0.4) is 0 Å². The molecule has 182 valence electrons. The molecule has 0 fully saturated rings. The lowest BCUT2D eigenvalue weighted by atomic mass is 10.1. The van der Waals surface area contributed by atoms with Gasteiger partial charge in [-0.25, -0.2) is 27.5 Å². The van der Waals surface area contributed by atoms with Crippen LogP contribution in [0, 0.1) is 18.6 Å². The van der Waals surface area contributed by atoms with Crippen LogP contribution in [0.25, 0.3) is 22.3 Å². The van der Waals surface area contributed by atoms with Gasteiger partial charge in [0.25, 0.3) is 6.43 Å². The predicted molar refractivity (Wildman–Crippen MR) is 130 cm³/mol. The van der Waals surface area contributed by atoms with E-state index < -0.39 is 31.2 Å². The van der Waals surface area contributed by atoms with Crippen LogP contribution in [0.5, 0.6) is 0 Å². The molecule has 11 heteroatoms. The molecule has 5 nitrogen and oxygen atoms in total. The summed E-state index contributed by atoms with van der Waals surface area (Å²) in [4.78, 5) is 12.7. The number of alkyl halides is 2. The van der Waals surface area contributed by atoms with Crippen LogP contribution < -0.4 is 10.8 Å². The van der Waals surface area contributed by atoms with Crippen LogP contribution in [-0.4, -0.2) is 34.7 Å². The Labute approximate surface area is 204 Å². The molecule has 3 aromatic heterocycles. The highest BCUT2D eigenvalue weighted by atomic mass is 35.5. The molecule has 1 aromatic carbocycles. The van der Waals surface area contributed by atoms with Crippen molar-refractivity contribution in [3.63, 3.8) is 0 Å². The molecule has 1 unspecified atom stereocenters. The number of pyridine rings is 3. The second-order valence-electron chi connectivity index (χ2n) is 8.31. The molecular weight excluding hydrogens is 503 g/mol. The van der Waals surface area contributed by atoms with Crippen molar-refractivity contribution >= 4 is 40.9 Å². The quantitative estimate of drug-likeness (QED) is 0.228. The molecule has 4 aromatic rings. The number of halogens is 5. The SMILES string of the molecule is Cc1nc2cc(F)c(-c3ccc(P(C)(C)=O)nc3)nc2c(NC(c2ccccc2F)C(F)F)c1Cl. The van der Waals surface area contributed by atoms with E-state index in [4.69, 9.17) is 11.6 Å². The van der Waals surface area contributed by atoms with Crippen LogP contribution in [0.1, 0.15) is 17.3 Å². The molecule has 3 heterocycles. The third-order valence-corrected chi connectivity index (χ3v) is 7.21. The van der Waals surface area contributed by atoms with E-state index in [2.05, 4.69) is 20.3 Å². The van der Waals surface area contributed by atoms with Crippen LogP contribution in [0.2, 0.25) is 5.02 Å². The number of aromatic nitrogens is 3. The average molecular weight is 523 g/mol. The first kappa shape index (κ1) is 25.1. The zero-order valence-electron chi connectivity index (χ0n) is 18.9. The number of anilines is 1. The Morgan fingerprint density at radius 2 is 1.74 bits per heavy atom. The number of rotatable bonds is 6. The molecule has 0 aliphatic carbocycles. The number of hydrogen-bond donors (Lipinski definition) is 1. The number of nitrogens with zero attached hydrogens (tertiary/aromatic N) is 3. The Morgan fingerprint density at radius 3 is 2.34 bits per heavy atom. The third kappa shape index (κ3) is 5.02. The van der Waals surface area contributed by atoms with Crippen molar-refractivity contribution in [3.8, 4) is 11.3 Å². The third-order valence-electron chi connectivity index (χ3n) is 5.38. The van der Waals surface area contributed by atoms with Gasteiger partial charge in [-0.05, 0) is 38.5 Å². The smallest absolute Gasteiger partial charge is 0.262 e. The van der Waals surface area contributed by atoms with Crippen molar-refractivity contribution < 1.29 is 22.1 Å². The fraction of sp³-hybridized carbons (Fsp3) is 0.208. The molecule has 0 saturated heterocycles. The van der Waals surface area contributed by atoms with E-state index in [0.29, 0.717) is 5.44 Å². The van der Waals surface area contributed by atoms with Gasteiger partial charge in [0.15, 0.2) is 5.82 Å². The number of aryl methyl sites for hydroxylation is 1. The average Bonchev–Trinajstić information content (AvgIpc) is 2.79. The summed E-state index contributed by atoms with van der Waals surface area (Å²) in [6.07, 6.45) is -1.66. The molecule has 0 saturated carbocycles. The zero-order chi connectivity index (χ0) is 25.5. The van der Waals surface area contributed by atoms with Crippen molar-refractivity contribution in [2.24, 2.45) is 0 Å². The fourth-order valence-electron chi connectivity index (χ4n) is 3.60. The largest absolute Gasteiger partial charge is 0.370 e.